The zero-order chi connectivity index (χ0) is 8.27. The van der Waals surface area contributed by atoms with Crippen molar-refractivity contribution in [3.05, 3.63) is 18.5 Å². The molecule has 0 fully saturated rings. The van der Waals surface area contributed by atoms with Crippen molar-refractivity contribution in [2.45, 2.75) is 19.9 Å². The van der Waals surface area contributed by atoms with Crippen LogP contribution in [-0.2, 0) is 0 Å². The van der Waals surface area contributed by atoms with Crippen LogP contribution in [0.4, 0.5) is 5.13 Å². The van der Waals surface area contributed by atoms with Gasteiger partial charge in [0.1, 0.15) is 5.82 Å². The first kappa shape index (κ1) is 8.20. The van der Waals surface area contributed by atoms with Crippen LogP contribution in [0.15, 0.2) is 12.7 Å². The summed E-state index contributed by atoms with van der Waals surface area (Å²) in [5, 5.41) is 4.00. The molecule has 0 saturated carbocycles. The quantitative estimate of drug-likeness (QED) is 0.701. The Morgan fingerprint density at radius 3 is 2.91 bits per heavy atom. The summed E-state index contributed by atoms with van der Waals surface area (Å²) in [7, 11) is 0. The lowest BCUT2D eigenvalue weighted by molar-refractivity contribution is 0.990. The number of hydrogen-bond donors (Lipinski definition) is 1. The fourth-order valence-corrected chi connectivity index (χ4v) is 1.28. The van der Waals surface area contributed by atoms with Gasteiger partial charge in [0.05, 0.1) is 0 Å². The van der Waals surface area contributed by atoms with Crippen molar-refractivity contribution in [3.8, 4) is 0 Å². The molecule has 0 aliphatic heterocycles. The first-order valence-corrected chi connectivity index (χ1v) is 4.19. The molecule has 0 aliphatic rings. The molecule has 0 amide bonds. The SMILES string of the molecule is C=CC(C)Nc1nc(C)ns1. The van der Waals surface area contributed by atoms with Crippen LogP contribution in [0.3, 0.4) is 0 Å². The Bertz CT molecular complexity index is 244. The maximum atomic E-state index is 4.15. The zero-order valence-electron chi connectivity index (χ0n) is 6.66. The second-order valence-electron chi connectivity index (χ2n) is 2.32. The topological polar surface area (TPSA) is 37.8 Å². The van der Waals surface area contributed by atoms with E-state index in [0.29, 0.717) is 0 Å². The van der Waals surface area contributed by atoms with Crippen LogP contribution in [-0.4, -0.2) is 15.4 Å². The van der Waals surface area contributed by atoms with Crippen molar-refractivity contribution < 1.29 is 0 Å². The van der Waals surface area contributed by atoms with Crippen molar-refractivity contribution in [2.24, 2.45) is 0 Å². The highest BCUT2D eigenvalue weighted by Gasteiger charge is 2.00. The average Bonchev–Trinajstić information content (AvgIpc) is 2.35. The summed E-state index contributed by atoms with van der Waals surface area (Å²) in [4.78, 5) is 4.15. The molecule has 0 bridgehead atoms. The fourth-order valence-electron chi connectivity index (χ4n) is 0.609. The van der Waals surface area contributed by atoms with Crippen molar-refractivity contribution in [3.63, 3.8) is 0 Å². The van der Waals surface area contributed by atoms with Gasteiger partial charge in [-0.3, -0.25) is 0 Å². The summed E-state index contributed by atoms with van der Waals surface area (Å²) in [6.45, 7) is 7.55. The summed E-state index contributed by atoms with van der Waals surface area (Å²) in [5.74, 6) is 0.814. The second kappa shape index (κ2) is 3.48. The van der Waals surface area contributed by atoms with Gasteiger partial charge in [-0.05, 0) is 13.8 Å². The minimum absolute atomic E-state index is 0.252. The summed E-state index contributed by atoms with van der Waals surface area (Å²) < 4.78 is 4.04. The van der Waals surface area contributed by atoms with Crippen LogP contribution in [0.25, 0.3) is 0 Å². The molecule has 1 N–H and O–H groups in total. The highest BCUT2D eigenvalue weighted by molar-refractivity contribution is 7.09. The largest absolute Gasteiger partial charge is 0.354 e. The predicted octanol–water partition coefficient (Wildman–Crippen LogP) is 1.83. The number of aromatic nitrogens is 2. The van der Waals surface area contributed by atoms with Crippen molar-refractivity contribution in [2.75, 3.05) is 5.32 Å². The Kier molecular flexibility index (Phi) is 2.59. The van der Waals surface area contributed by atoms with Gasteiger partial charge in [0, 0.05) is 17.6 Å². The Labute approximate surface area is 70.3 Å². The van der Waals surface area contributed by atoms with Gasteiger partial charge in [-0.2, -0.15) is 4.37 Å². The molecule has 4 heteroatoms. The van der Waals surface area contributed by atoms with E-state index in [1.807, 2.05) is 19.9 Å². The summed E-state index contributed by atoms with van der Waals surface area (Å²) in [5.41, 5.74) is 0. The first-order chi connectivity index (χ1) is 5.22. The molecule has 11 heavy (non-hydrogen) atoms. The molecule has 1 atom stereocenters. The predicted molar refractivity (Wildman–Crippen MR) is 47.9 cm³/mol. The molecule has 1 rings (SSSR count). The molecule has 60 valence electrons. The third kappa shape index (κ3) is 2.31. The monoisotopic (exact) mass is 169 g/mol. The molecular weight excluding hydrogens is 158 g/mol. The van der Waals surface area contributed by atoms with Gasteiger partial charge in [0.2, 0.25) is 5.13 Å². The van der Waals surface area contributed by atoms with Crippen molar-refractivity contribution >= 4 is 16.7 Å². The molecule has 1 aromatic rings. The van der Waals surface area contributed by atoms with E-state index in [2.05, 4.69) is 21.3 Å². The minimum Gasteiger partial charge on any atom is -0.354 e. The lowest BCUT2D eigenvalue weighted by Gasteiger charge is -2.04. The Morgan fingerprint density at radius 2 is 2.45 bits per heavy atom. The normalized spacial score (nSPS) is 12.5. The fraction of sp³-hybridized carbons (Fsp3) is 0.429. The van der Waals surface area contributed by atoms with E-state index in [1.165, 1.54) is 11.5 Å². The minimum atomic E-state index is 0.252. The number of hydrogen-bond acceptors (Lipinski definition) is 4. The van der Waals surface area contributed by atoms with Crippen LogP contribution < -0.4 is 5.32 Å². The van der Waals surface area contributed by atoms with Crippen LogP contribution in [0.5, 0.6) is 0 Å². The van der Waals surface area contributed by atoms with Crippen LogP contribution in [0.2, 0.25) is 0 Å². The van der Waals surface area contributed by atoms with E-state index >= 15 is 0 Å². The van der Waals surface area contributed by atoms with E-state index in [-0.39, 0.29) is 6.04 Å². The molecule has 1 heterocycles. The van der Waals surface area contributed by atoms with Crippen LogP contribution in [0.1, 0.15) is 12.7 Å². The van der Waals surface area contributed by atoms with Gasteiger partial charge >= 0.3 is 0 Å². The lowest BCUT2D eigenvalue weighted by Crippen LogP contribution is -2.10. The van der Waals surface area contributed by atoms with E-state index in [4.69, 9.17) is 0 Å². The Morgan fingerprint density at radius 1 is 1.73 bits per heavy atom. The number of rotatable bonds is 3. The highest BCUT2D eigenvalue weighted by Crippen LogP contribution is 2.11. The van der Waals surface area contributed by atoms with Gasteiger partial charge in [0.25, 0.3) is 0 Å². The third-order valence-electron chi connectivity index (χ3n) is 1.23. The molecule has 1 unspecified atom stereocenters. The van der Waals surface area contributed by atoms with E-state index in [0.717, 1.165) is 11.0 Å². The summed E-state index contributed by atoms with van der Waals surface area (Å²) in [6.07, 6.45) is 1.83. The van der Waals surface area contributed by atoms with Crippen molar-refractivity contribution in [1.29, 1.82) is 0 Å². The van der Waals surface area contributed by atoms with E-state index in [9.17, 15) is 0 Å². The molecule has 0 aromatic carbocycles. The molecule has 0 radical (unpaired) electrons. The Hall–Kier alpha value is -0.900. The second-order valence-corrected chi connectivity index (χ2v) is 3.07. The highest BCUT2D eigenvalue weighted by atomic mass is 32.1. The number of aryl methyl sites for hydroxylation is 1. The van der Waals surface area contributed by atoms with Gasteiger partial charge in [-0.25, -0.2) is 4.98 Å². The third-order valence-corrected chi connectivity index (χ3v) is 1.97. The van der Waals surface area contributed by atoms with Crippen LogP contribution in [0, 0.1) is 6.92 Å². The summed E-state index contributed by atoms with van der Waals surface area (Å²) in [6, 6.07) is 0.252. The number of anilines is 1. The maximum Gasteiger partial charge on any atom is 0.203 e. The van der Waals surface area contributed by atoms with Gasteiger partial charge in [-0.15, -0.1) is 6.58 Å². The molecule has 1 aromatic heterocycles. The smallest absolute Gasteiger partial charge is 0.203 e. The zero-order valence-corrected chi connectivity index (χ0v) is 7.48. The molecule has 0 spiro atoms. The van der Waals surface area contributed by atoms with Crippen LogP contribution >= 0.6 is 11.5 Å². The van der Waals surface area contributed by atoms with E-state index in [1.54, 1.807) is 0 Å². The molecule has 0 saturated heterocycles. The molecule has 3 nitrogen and oxygen atoms in total. The Balaban J connectivity index is 2.57. The summed E-state index contributed by atoms with van der Waals surface area (Å²) >= 11 is 1.37. The van der Waals surface area contributed by atoms with Gasteiger partial charge in [0.15, 0.2) is 0 Å². The maximum absolute atomic E-state index is 4.15. The van der Waals surface area contributed by atoms with E-state index < -0.39 is 0 Å². The van der Waals surface area contributed by atoms with Gasteiger partial charge in [-0.1, -0.05) is 6.08 Å². The average molecular weight is 169 g/mol. The van der Waals surface area contributed by atoms with Crippen molar-refractivity contribution in [1.82, 2.24) is 9.36 Å². The van der Waals surface area contributed by atoms with Gasteiger partial charge < -0.3 is 5.32 Å². The lowest BCUT2D eigenvalue weighted by atomic mass is 10.3. The standard InChI is InChI=1S/C7H11N3S/c1-4-5(2)8-7-9-6(3)10-11-7/h4-5H,1H2,2-3H3,(H,8,9,10). The number of nitrogens with one attached hydrogen (secondary N) is 1. The molecule has 0 aliphatic carbocycles. The molecular formula is C7H11N3S. The first-order valence-electron chi connectivity index (χ1n) is 3.42. The number of nitrogens with zero attached hydrogens (tertiary/aromatic N) is 2.